The van der Waals surface area contributed by atoms with Gasteiger partial charge in [-0.1, -0.05) is 45.5 Å². The van der Waals surface area contributed by atoms with E-state index in [9.17, 15) is 0 Å². The Hall–Kier alpha value is -0.740. The largest absolute Gasteiger partial charge is 0.148 e. The molecule has 2 aromatic rings. The molecular weight excluding hydrogens is 236 g/mol. The first-order valence-electron chi connectivity index (χ1n) is 3.39. The lowest BCUT2D eigenvalue weighted by Crippen LogP contribution is -1.77. The van der Waals surface area contributed by atoms with Gasteiger partial charge in [0.15, 0.2) is 0 Å². The van der Waals surface area contributed by atoms with Crippen LogP contribution in [0.3, 0.4) is 0 Å². The minimum absolute atomic E-state index is 0.947. The Bertz CT molecular complexity index is 372. The average molecular weight is 241 g/mol. The van der Waals surface area contributed by atoms with Crippen molar-refractivity contribution in [2.24, 2.45) is 0 Å². The molecule has 0 aliphatic carbocycles. The number of hydrogen-bond acceptors (Lipinski definition) is 3. The highest BCUT2D eigenvalue weighted by molar-refractivity contribution is 9.10. The molecule has 1 aromatic carbocycles. The molecule has 0 radical (unpaired) electrons. The van der Waals surface area contributed by atoms with Crippen molar-refractivity contribution in [2.75, 3.05) is 0 Å². The van der Waals surface area contributed by atoms with Gasteiger partial charge in [0, 0.05) is 10.0 Å². The van der Waals surface area contributed by atoms with E-state index < -0.39 is 0 Å². The molecule has 0 spiro atoms. The molecule has 60 valence electrons. The highest BCUT2D eigenvalue weighted by Crippen LogP contribution is 2.28. The fraction of sp³-hybridized carbons (Fsp3) is 0. The van der Waals surface area contributed by atoms with Gasteiger partial charge in [0.05, 0.1) is 0 Å². The molecule has 0 N–H and O–H groups in total. The summed E-state index contributed by atoms with van der Waals surface area (Å²) in [5, 5.41) is 8.72. The molecular formula is C8H5BrN2S. The van der Waals surface area contributed by atoms with Crippen molar-refractivity contribution < 1.29 is 0 Å². The quantitative estimate of drug-likeness (QED) is 0.767. The lowest BCUT2D eigenvalue weighted by atomic mass is 10.2. The van der Waals surface area contributed by atoms with Crippen molar-refractivity contribution in [2.45, 2.75) is 0 Å². The molecule has 12 heavy (non-hydrogen) atoms. The maximum Gasteiger partial charge on any atom is 0.148 e. The smallest absolute Gasteiger partial charge is 0.147 e. The second kappa shape index (κ2) is 3.33. The summed E-state index contributed by atoms with van der Waals surface area (Å²) in [6, 6.07) is 7.98. The first-order valence-corrected chi connectivity index (χ1v) is 5.06. The standard InChI is InChI=1S/C8H5BrN2S/c9-7-4-2-1-3-6(7)8-11-10-5-12-8/h1-5H. The van der Waals surface area contributed by atoms with Gasteiger partial charge in [-0.05, 0) is 6.07 Å². The number of halogens is 1. The molecule has 0 bridgehead atoms. The van der Waals surface area contributed by atoms with Crippen LogP contribution in [0.1, 0.15) is 0 Å². The molecule has 0 aliphatic rings. The van der Waals surface area contributed by atoms with E-state index in [-0.39, 0.29) is 0 Å². The predicted molar refractivity (Wildman–Crippen MR) is 53.0 cm³/mol. The third-order valence-corrected chi connectivity index (χ3v) is 2.88. The molecule has 0 aliphatic heterocycles. The molecule has 0 saturated heterocycles. The Kier molecular flexibility index (Phi) is 2.19. The van der Waals surface area contributed by atoms with Crippen molar-refractivity contribution in [1.82, 2.24) is 10.2 Å². The van der Waals surface area contributed by atoms with Gasteiger partial charge in [-0.25, -0.2) is 0 Å². The molecule has 0 unspecified atom stereocenters. The highest BCUT2D eigenvalue weighted by atomic mass is 79.9. The lowest BCUT2D eigenvalue weighted by molar-refractivity contribution is 1.09. The van der Waals surface area contributed by atoms with Gasteiger partial charge in [-0.15, -0.1) is 10.2 Å². The summed E-state index contributed by atoms with van der Waals surface area (Å²) in [5.41, 5.74) is 2.83. The molecule has 0 atom stereocenters. The molecule has 0 saturated carbocycles. The predicted octanol–water partition coefficient (Wildman–Crippen LogP) is 2.97. The summed E-state index contributed by atoms with van der Waals surface area (Å²) in [6.07, 6.45) is 0. The topological polar surface area (TPSA) is 25.8 Å². The molecule has 0 amide bonds. The second-order valence-electron chi connectivity index (χ2n) is 2.22. The zero-order valence-electron chi connectivity index (χ0n) is 6.07. The molecule has 1 heterocycles. The van der Waals surface area contributed by atoms with Crippen molar-refractivity contribution in [3.05, 3.63) is 34.2 Å². The zero-order valence-corrected chi connectivity index (χ0v) is 8.47. The Balaban J connectivity index is 2.55. The number of rotatable bonds is 1. The third-order valence-electron chi connectivity index (χ3n) is 1.46. The second-order valence-corrected chi connectivity index (χ2v) is 3.91. The Morgan fingerprint density at radius 2 is 2.08 bits per heavy atom. The van der Waals surface area contributed by atoms with E-state index in [0.29, 0.717) is 0 Å². The Morgan fingerprint density at radius 3 is 2.75 bits per heavy atom. The first-order chi connectivity index (χ1) is 5.88. The van der Waals surface area contributed by atoms with E-state index in [4.69, 9.17) is 0 Å². The van der Waals surface area contributed by atoms with Crippen molar-refractivity contribution in [3.63, 3.8) is 0 Å². The zero-order chi connectivity index (χ0) is 8.39. The normalized spacial score (nSPS) is 10.1. The van der Waals surface area contributed by atoms with E-state index >= 15 is 0 Å². The van der Waals surface area contributed by atoms with Gasteiger partial charge in [0.25, 0.3) is 0 Å². The minimum atomic E-state index is 0.947. The first kappa shape index (κ1) is 7.89. The summed E-state index contributed by atoms with van der Waals surface area (Å²) in [5.74, 6) is 0. The van der Waals surface area contributed by atoms with Crippen LogP contribution in [-0.2, 0) is 0 Å². The van der Waals surface area contributed by atoms with Crippen LogP contribution in [0.5, 0.6) is 0 Å². The fourth-order valence-corrected chi connectivity index (χ4v) is 2.12. The number of hydrogen-bond donors (Lipinski definition) is 0. The SMILES string of the molecule is Brc1ccccc1-c1nncs1. The van der Waals surface area contributed by atoms with E-state index in [1.54, 1.807) is 5.51 Å². The van der Waals surface area contributed by atoms with Gasteiger partial charge < -0.3 is 0 Å². The van der Waals surface area contributed by atoms with Crippen LogP contribution >= 0.6 is 27.3 Å². The van der Waals surface area contributed by atoms with Crippen LogP contribution in [0.4, 0.5) is 0 Å². The summed E-state index contributed by atoms with van der Waals surface area (Å²) in [7, 11) is 0. The van der Waals surface area contributed by atoms with E-state index in [2.05, 4.69) is 26.1 Å². The number of benzene rings is 1. The van der Waals surface area contributed by atoms with Crippen LogP contribution in [0.25, 0.3) is 10.6 Å². The summed E-state index contributed by atoms with van der Waals surface area (Å²) >= 11 is 4.99. The minimum Gasteiger partial charge on any atom is -0.147 e. The summed E-state index contributed by atoms with van der Waals surface area (Å²) in [6.45, 7) is 0. The van der Waals surface area contributed by atoms with Gasteiger partial charge in [-0.3, -0.25) is 0 Å². The van der Waals surface area contributed by atoms with Gasteiger partial charge in [-0.2, -0.15) is 0 Å². The number of nitrogens with zero attached hydrogens (tertiary/aromatic N) is 2. The summed E-state index contributed by atoms with van der Waals surface area (Å²) in [4.78, 5) is 0. The van der Waals surface area contributed by atoms with Gasteiger partial charge in [0.1, 0.15) is 10.5 Å². The molecule has 4 heteroatoms. The van der Waals surface area contributed by atoms with E-state index in [1.165, 1.54) is 11.3 Å². The molecule has 2 nitrogen and oxygen atoms in total. The van der Waals surface area contributed by atoms with Gasteiger partial charge >= 0.3 is 0 Å². The van der Waals surface area contributed by atoms with Crippen LogP contribution < -0.4 is 0 Å². The van der Waals surface area contributed by atoms with Crippen LogP contribution in [-0.4, -0.2) is 10.2 Å². The maximum atomic E-state index is 3.99. The monoisotopic (exact) mass is 240 g/mol. The van der Waals surface area contributed by atoms with Crippen molar-refractivity contribution in [1.29, 1.82) is 0 Å². The van der Waals surface area contributed by atoms with E-state index in [1.807, 2.05) is 24.3 Å². The number of aromatic nitrogens is 2. The van der Waals surface area contributed by atoms with Gasteiger partial charge in [0.2, 0.25) is 0 Å². The summed E-state index contributed by atoms with van der Waals surface area (Å²) < 4.78 is 1.06. The van der Waals surface area contributed by atoms with Crippen molar-refractivity contribution >= 4 is 27.3 Å². The third kappa shape index (κ3) is 1.40. The lowest BCUT2D eigenvalue weighted by Gasteiger charge is -1.96. The van der Waals surface area contributed by atoms with Crippen LogP contribution in [0.2, 0.25) is 0 Å². The van der Waals surface area contributed by atoms with E-state index in [0.717, 1.165) is 15.0 Å². The molecule has 1 aromatic heterocycles. The Morgan fingerprint density at radius 1 is 1.25 bits per heavy atom. The molecule has 2 rings (SSSR count). The highest BCUT2D eigenvalue weighted by Gasteiger charge is 2.03. The van der Waals surface area contributed by atoms with Crippen molar-refractivity contribution in [3.8, 4) is 10.6 Å². The van der Waals surface area contributed by atoms with Crippen LogP contribution in [0.15, 0.2) is 34.2 Å². The average Bonchev–Trinajstić information content (AvgIpc) is 2.57. The Labute approximate surface area is 82.4 Å². The fourth-order valence-electron chi connectivity index (χ4n) is 0.925. The molecule has 0 fully saturated rings. The van der Waals surface area contributed by atoms with Crippen LogP contribution in [0, 0.1) is 0 Å². The maximum absolute atomic E-state index is 3.99.